The molecule has 0 aliphatic carbocycles. The van der Waals surface area contributed by atoms with Crippen molar-refractivity contribution in [2.45, 2.75) is 30.4 Å². The van der Waals surface area contributed by atoms with Gasteiger partial charge in [0.05, 0.1) is 10.5 Å². The summed E-state index contributed by atoms with van der Waals surface area (Å²) in [7, 11) is -3.61. The number of hydrogen-bond acceptors (Lipinski definition) is 4. The van der Waals surface area contributed by atoms with E-state index in [1.165, 1.54) is 16.4 Å². The maximum absolute atomic E-state index is 12.4. The topological polar surface area (TPSA) is 83.6 Å². The molecule has 0 bridgehead atoms. The van der Waals surface area contributed by atoms with Gasteiger partial charge in [-0.3, -0.25) is 0 Å². The Hall–Kier alpha value is -0.660. The summed E-state index contributed by atoms with van der Waals surface area (Å²) in [4.78, 5) is 0.132. The van der Waals surface area contributed by atoms with Crippen LogP contribution in [0.4, 0.5) is 0 Å². The fourth-order valence-corrected chi connectivity index (χ4v) is 4.02. The second-order valence-electron chi connectivity index (χ2n) is 5.04. The van der Waals surface area contributed by atoms with Crippen molar-refractivity contribution in [2.24, 2.45) is 5.73 Å². The standard InChI is InChI=1S/C12H17ClN2O3S/c1-12(16)4-5-15(8-12)19(17,18)10-3-2-9(7-14)11(13)6-10/h2-3,6,16H,4-5,7-8,14H2,1H3. The average molecular weight is 305 g/mol. The van der Waals surface area contributed by atoms with Gasteiger partial charge >= 0.3 is 0 Å². The van der Waals surface area contributed by atoms with E-state index in [9.17, 15) is 13.5 Å². The van der Waals surface area contributed by atoms with E-state index in [0.29, 0.717) is 23.6 Å². The summed E-state index contributed by atoms with van der Waals surface area (Å²) in [6.07, 6.45) is 0.431. The smallest absolute Gasteiger partial charge is 0.243 e. The molecule has 1 aliphatic rings. The summed E-state index contributed by atoms with van der Waals surface area (Å²) in [6, 6.07) is 4.52. The molecule has 1 aromatic rings. The van der Waals surface area contributed by atoms with E-state index in [-0.39, 0.29) is 18.0 Å². The predicted octanol–water partition coefficient (Wildman–Crippen LogP) is 0.944. The molecule has 1 heterocycles. The third kappa shape index (κ3) is 2.93. The van der Waals surface area contributed by atoms with Gasteiger partial charge in [-0.1, -0.05) is 17.7 Å². The number of aliphatic hydroxyl groups is 1. The number of sulfonamides is 1. The number of nitrogens with two attached hydrogens (primary N) is 1. The number of hydrogen-bond donors (Lipinski definition) is 2. The molecule has 1 atom stereocenters. The third-order valence-corrected chi connectivity index (χ3v) is 5.49. The minimum absolute atomic E-state index is 0.103. The van der Waals surface area contributed by atoms with Crippen LogP contribution in [0.25, 0.3) is 0 Å². The van der Waals surface area contributed by atoms with Crippen LogP contribution in [-0.4, -0.2) is 36.5 Å². The summed E-state index contributed by atoms with van der Waals surface area (Å²) in [5, 5.41) is 10.2. The monoisotopic (exact) mass is 304 g/mol. The highest BCUT2D eigenvalue weighted by Gasteiger charge is 2.38. The lowest BCUT2D eigenvalue weighted by atomic mass is 10.1. The van der Waals surface area contributed by atoms with Gasteiger partial charge in [0.2, 0.25) is 10.0 Å². The minimum Gasteiger partial charge on any atom is -0.389 e. The number of benzene rings is 1. The van der Waals surface area contributed by atoms with Crippen LogP contribution in [0.5, 0.6) is 0 Å². The van der Waals surface area contributed by atoms with Crippen LogP contribution in [0.1, 0.15) is 18.9 Å². The number of halogens is 1. The van der Waals surface area contributed by atoms with Crippen molar-refractivity contribution < 1.29 is 13.5 Å². The molecule has 1 aliphatic heterocycles. The maximum atomic E-state index is 12.4. The Morgan fingerprint density at radius 2 is 2.21 bits per heavy atom. The van der Waals surface area contributed by atoms with Crippen LogP contribution in [0.3, 0.4) is 0 Å². The first-order chi connectivity index (χ1) is 8.76. The fourth-order valence-electron chi connectivity index (χ4n) is 2.11. The number of rotatable bonds is 3. The average Bonchev–Trinajstić information content (AvgIpc) is 2.70. The fraction of sp³-hybridized carbons (Fsp3) is 0.500. The normalized spacial score (nSPS) is 24.8. The zero-order chi connectivity index (χ0) is 14.3. The van der Waals surface area contributed by atoms with Gasteiger partial charge in [0.25, 0.3) is 0 Å². The van der Waals surface area contributed by atoms with Crippen molar-refractivity contribution in [2.75, 3.05) is 13.1 Å². The first kappa shape index (κ1) is 14.7. The summed E-state index contributed by atoms with van der Waals surface area (Å²) in [6.45, 7) is 2.31. The second kappa shape index (κ2) is 5.03. The van der Waals surface area contributed by atoms with Crippen LogP contribution < -0.4 is 5.73 Å². The Kier molecular flexibility index (Phi) is 3.90. The number of nitrogens with zero attached hydrogens (tertiary/aromatic N) is 1. The lowest BCUT2D eigenvalue weighted by Crippen LogP contribution is -2.33. The van der Waals surface area contributed by atoms with Gasteiger partial charge < -0.3 is 10.8 Å². The maximum Gasteiger partial charge on any atom is 0.243 e. The van der Waals surface area contributed by atoms with Crippen LogP contribution in [0.15, 0.2) is 23.1 Å². The van der Waals surface area contributed by atoms with Crippen molar-refractivity contribution in [3.8, 4) is 0 Å². The molecule has 1 aromatic carbocycles. The van der Waals surface area contributed by atoms with Gasteiger partial charge in [0, 0.05) is 24.7 Å². The Balaban J connectivity index is 2.33. The highest BCUT2D eigenvalue weighted by molar-refractivity contribution is 7.89. The lowest BCUT2D eigenvalue weighted by molar-refractivity contribution is 0.0762. The summed E-state index contributed by atoms with van der Waals surface area (Å²) in [5.41, 5.74) is 5.23. The molecule has 1 unspecified atom stereocenters. The molecule has 2 rings (SSSR count). The molecule has 5 nitrogen and oxygen atoms in total. The van der Waals surface area contributed by atoms with E-state index < -0.39 is 15.6 Å². The molecule has 0 saturated carbocycles. The van der Waals surface area contributed by atoms with Crippen molar-refractivity contribution >= 4 is 21.6 Å². The van der Waals surface area contributed by atoms with E-state index in [2.05, 4.69) is 0 Å². The van der Waals surface area contributed by atoms with E-state index in [1.54, 1.807) is 13.0 Å². The van der Waals surface area contributed by atoms with E-state index in [1.807, 2.05) is 0 Å². The quantitative estimate of drug-likeness (QED) is 0.870. The summed E-state index contributed by atoms with van der Waals surface area (Å²) < 4.78 is 26.1. The first-order valence-corrected chi connectivity index (χ1v) is 7.79. The molecule has 1 saturated heterocycles. The van der Waals surface area contributed by atoms with Crippen LogP contribution in [0, 0.1) is 0 Å². The lowest BCUT2D eigenvalue weighted by Gasteiger charge is -2.19. The van der Waals surface area contributed by atoms with Gasteiger partial charge in [0.1, 0.15) is 0 Å². The molecule has 0 aromatic heterocycles. The SMILES string of the molecule is CC1(O)CCN(S(=O)(=O)c2ccc(CN)c(Cl)c2)C1. The van der Waals surface area contributed by atoms with Gasteiger partial charge in [-0.05, 0) is 31.0 Å². The van der Waals surface area contributed by atoms with E-state index in [0.717, 1.165) is 0 Å². The Bertz CT molecular complexity index is 587. The van der Waals surface area contributed by atoms with Crippen molar-refractivity contribution in [3.63, 3.8) is 0 Å². The molecule has 0 spiro atoms. The molecule has 0 amide bonds. The van der Waals surface area contributed by atoms with Crippen molar-refractivity contribution in [1.29, 1.82) is 0 Å². The van der Waals surface area contributed by atoms with Gasteiger partial charge in [-0.25, -0.2) is 8.42 Å². The Morgan fingerprint density at radius 1 is 1.53 bits per heavy atom. The second-order valence-corrected chi connectivity index (χ2v) is 7.39. The summed E-state index contributed by atoms with van der Waals surface area (Å²) in [5.74, 6) is 0. The van der Waals surface area contributed by atoms with Crippen LogP contribution >= 0.6 is 11.6 Å². The van der Waals surface area contributed by atoms with Crippen molar-refractivity contribution in [1.82, 2.24) is 4.31 Å². The molecule has 3 N–H and O–H groups in total. The zero-order valence-electron chi connectivity index (χ0n) is 10.6. The minimum atomic E-state index is -3.61. The van der Waals surface area contributed by atoms with Gasteiger partial charge in [-0.15, -0.1) is 0 Å². The third-order valence-electron chi connectivity index (χ3n) is 3.30. The molecule has 7 heteroatoms. The molecule has 106 valence electrons. The molecule has 19 heavy (non-hydrogen) atoms. The Labute approximate surface area is 118 Å². The molecular formula is C12H17ClN2O3S. The van der Waals surface area contributed by atoms with Crippen molar-refractivity contribution in [3.05, 3.63) is 28.8 Å². The molecule has 1 fully saturated rings. The highest BCUT2D eigenvalue weighted by atomic mass is 35.5. The van der Waals surface area contributed by atoms with Crippen LogP contribution in [0.2, 0.25) is 5.02 Å². The van der Waals surface area contributed by atoms with E-state index >= 15 is 0 Å². The summed E-state index contributed by atoms with van der Waals surface area (Å²) >= 11 is 5.99. The van der Waals surface area contributed by atoms with Gasteiger partial charge in [-0.2, -0.15) is 4.31 Å². The van der Waals surface area contributed by atoms with E-state index in [4.69, 9.17) is 17.3 Å². The van der Waals surface area contributed by atoms with Crippen LogP contribution in [-0.2, 0) is 16.6 Å². The zero-order valence-corrected chi connectivity index (χ0v) is 12.2. The number of β-amino-alcohol motifs (C(OH)–C–C–N with tert-alkyl or cyclic N) is 1. The Morgan fingerprint density at radius 3 is 2.68 bits per heavy atom. The highest BCUT2D eigenvalue weighted by Crippen LogP contribution is 2.28. The molecule has 0 radical (unpaired) electrons. The largest absolute Gasteiger partial charge is 0.389 e. The predicted molar refractivity (Wildman–Crippen MR) is 73.3 cm³/mol. The first-order valence-electron chi connectivity index (χ1n) is 5.97. The molecular weight excluding hydrogens is 288 g/mol. The van der Waals surface area contributed by atoms with Gasteiger partial charge in [0.15, 0.2) is 0 Å².